The van der Waals surface area contributed by atoms with E-state index < -0.39 is 0 Å². The Labute approximate surface area is 154 Å². The smallest absolute Gasteiger partial charge is 0.270 e. The molecule has 0 unspecified atom stereocenters. The number of carbonyl (C=O) groups is 1. The van der Waals surface area contributed by atoms with E-state index in [0.29, 0.717) is 10.7 Å². The Morgan fingerprint density at radius 1 is 1.24 bits per heavy atom. The number of thiazole rings is 1. The van der Waals surface area contributed by atoms with Crippen molar-refractivity contribution in [1.82, 2.24) is 14.9 Å². The molecule has 3 aromatic rings. The van der Waals surface area contributed by atoms with Gasteiger partial charge in [-0.25, -0.2) is 4.98 Å². The molecule has 25 heavy (non-hydrogen) atoms. The van der Waals surface area contributed by atoms with Crippen LogP contribution in [0.3, 0.4) is 0 Å². The number of anilines is 2. The topological polar surface area (TPSA) is 61.0 Å². The second kappa shape index (κ2) is 6.90. The lowest BCUT2D eigenvalue weighted by molar-refractivity contribution is 0.0788. The number of halogens is 1. The van der Waals surface area contributed by atoms with Crippen molar-refractivity contribution < 1.29 is 4.79 Å². The van der Waals surface area contributed by atoms with Gasteiger partial charge in [0, 0.05) is 40.9 Å². The highest BCUT2D eigenvalue weighted by Crippen LogP contribution is 2.28. The van der Waals surface area contributed by atoms with Crippen LogP contribution in [0.2, 0.25) is 5.02 Å². The average Bonchev–Trinajstić information content (AvgIpc) is 3.37. The number of nitrogens with one attached hydrogen (secondary N) is 2. The molecule has 1 aliphatic rings. The summed E-state index contributed by atoms with van der Waals surface area (Å²) in [5.74, 6) is 0.0680. The van der Waals surface area contributed by atoms with Crippen molar-refractivity contribution in [2.75, 3.05) is 18.4 Å². The lowest BCUT2D eigenvalue weighted by Crippen LogP contribution is -2.27. The first kappa shape index (κ1) is 16.2. The van der Waals surface area contributed by atoms with Gasteiger partial charge in [0.15, 0.2) is 5.13 Å². The van der Waals surface area contributed by atoms with Gasteiger partial charge in [-0.15, -0.1) is 11.3 Å². The van der Waals surface area contributed by atoms with Gasteiger partial charge in [0.05, 0.1) is 5.69 Å². The summed E-state index contributed by atoms with van der Waals surface area (Å²) in [5, 5.41) is 6.74. The summed E-state index contributed by atoms with van der Waals surface area (Å²) in [5.41, 5.74) is 3.32. The van der Waals surface area contributed by atoms with Crippen molar-refractivity contribution in [3.8, 4) is 11.3 Å². The first-order valence-electron chi connectivity index (χ1n) is 8.15. The van der Waals surface area contributed by atoms with E-state index in [1.807, 2.05) is 46.8 Å². The van der Waals surface area contributed by atoms with Crippen molar-refractivity contribution in [3.05, 3.63) is 52.6 Å². The number of hydrogen-bond donors (Lipinski definition) is 2. The molecule has 128 valence electrons. The average molecular weight is 373 g/mol. The molecule has 0 aliphatic carbocycles. The molecule has 0 bridgehead atoms. The van der Waals surface area contributed by atoms with Crippen LogP contribution in [-0.4, -0.2) is 33.9 Å². The van der Waals surface area contributed by atoms with E-state index in [-0.39, 0.29) is 5.91 Å². The zero-order valence-corrected chi connectivity index (χ0v) is 15.0. The molecule has 7 heteroatoms. The zero-order valence-electron chi connectivity index (χ0n) is 13.5. The fourth-order valence-electron chi connectivity index (χ4n) is 2.88. The van der Waals surface area contributed by atoms with Crippen LogP contribution in [0.4, 0.5) is 10.8 Å². The Hall–Kier alpha value is -2.31. The number of hydrogen-bond acceptors (Lipinski definition) is 4. The molecule has 1 aromatic carbocycles. The minimum absolute atomic E-state index is 0.0680. The molecular formula is C18H17ClN4OS. The maximum absolute atomic E-state index is 12.4. The Balaban J connectivity index is 1.48. The van der Waals surface area contributed by atoms with Gasteiger partial charge in [-0.1, -0.05) is 11.6 Å². The van der Waals surface area contributed by atoms with E-state index in [1.54, 1.807) is 0 Å². The highest BCUT2D eigenvalue weighted by atomic mass is 35.5. The van der Waals surface area contributed by atoms with Gasteiger partial charge in [-0.3, -0.25) is 4.79 Å². The van der Waals surface area contributed by atoms with Crippen LogP contribution in [0, 0.1) is 0 Å². The van der Waals surface area contributed by atoms with Gasteiger partial charge >= 0.3 is 0 Å². The molecule has 1 saturated heterocycles. The number of H-pyrrole nitrogens is 1. The molecule has 1 fully saturated rings. The summed E-state index contributed by atoms with van der Waals surface area (Å²) >= 11 is 7.42. The Kier molecular flexibility index (Phi) is 4.46. The molecule has 1 amide bonds. The molecule has 2 aromatic heterocycles. The summed E-state index contributed by atoms with van der Waals surface area (Å²) < 4.78 is 0. The number of benzene rings is 1. The molecular weight excluding hydrogens is 356 g/mol. The maximum atomic E-state index is 12.4. The number of nitrogens with zero attached hydrogens (tertiary/aromatic N) is 2. The second-order valence-electron chi connectivity index (χ2n) is 5.97. The van der Waals surface area contributed by atoms with Crippen LogP contribution in [0.15, 0.2) is 41.9 Å². The molecule has 1 aliphatic heterocycles. The first-order valence-corrected chi connectivity index (χ1v) is 9.41. The van der Waals surface area contributed by atoms with Crippen molar-refractivity contribution in [2.45, 2.75) is 12.8 Å². The number of amides is 1. The van der Waals surface area contributed by atoms with Crippen LogP contribution >= 0.6 is 22.9 Å². The summed E-state index contributed by atoms with van der Waals surface area (Å²) in [6, 6.07) is 9.36. The van der Waals surface area contributed by atoms with E-state index in [0.717, 1.165) is 48.0 Å². The fourth-order valence-corrected chi connectivity index (χ4v) is 3.74. The van der Waals surface area contributed by atoms with Gasteiger partial charge < -0.3 is 15.2 Å². The number of aromatic nitrogens is 2. The lowest BCUT2D eigenvalue weighted by atomic mass is 10.2. The van der Waals surface area contributed by atoms with Crippen molar-refractivity contribution in [1.29, 1.82) is 0 Å². The maximum Gasteiger partial charge on any atom is 0.270 e. The lowest BCUT2D eigenvalue weighted by Gasteiger charge is -2.13. The van der Waals surface area contributed by atoms with Crippen LogP contribution < -0.4 is 5.32 Å². The Bertz CT molecular complexity index is 881. The van der Waals surface area contributed by atoms with Crippen molar-refractivity contribution in [2.24, 2.45) is 0 Å². The van der Waals surface area contributed by atoms with Crippen LogP contribution in [0.25, 0.3) is 11.3 Å². The predicted octanol–water partition coefficient (Wildman–Crippen LogP) is 4.77. The van der Waals surface area contributed by atoms with E-state index in [2.05, 4.69) is 15.3 Å². The highest BCUT2D eigenvalue weighted by molar-refractivity contribution is 7.14. The van der Waals surface area contributed by atoms with Gasteiger partial charge in [-0.2, -0.15) is 0 Å². The molecule has 0 saturated carbocycles. The third kappa shape index (κ3) is 3.55. The monoisotopic (exact) mass is 372 g/mol. The van der Waals surface area contributed by atoms with E-state index in [1.165, 1.54) is 11.3 Å². The van der Waals surface area contributed by atoms with E-state index in [9.17, 15) is 4.79 Å². The summed E-state index contributed by atoms with van der Waals surface area (Å²) in [6.07, 6.45) is 4.01. The standard InChI is InChI=1S/C18H17ClN4OS/c19-13-3-5-14(6-4-13)21-18-22-16(11-25-18)12-9-15(20-10-12)17(24)23-7-1-2-8-23/h3-6,9-11,20H,1-2,7-8H2,(H,21,22). The van der Waals surface area contributed by atoms with Crippen molar-refractivity contribution in [3.63, 3.8) is 0 Å². The van der Waals surface area contributed by atoms with Gasteiger partial charge in [-0.05, 0) is 43.2 Å². The third-order valence-corrected chi connectivity index (χ3v) is 5.21. The summed E-state index contributed by atoms with van der Waals surface area (Å²) in [6.45, 7) is 1.69. The van der Waals surface area contributed by atoms with Gasteiger partial charge in [0.1, 0.15) is 5.69 Å². The third-order valence-electron chi connectivity index (χ3n) is 4.20. The van der Waals surface area contributed by atoms with Gasteiger partial charge in [0.25, 0.3) is 5.91 Å². The quantitative estimate of drug-likeness (QED) is 0.693. The number of likely N-dealkylation sites (tertiary alicyclic amines) is 1. The Morgan fingerprint density at radius 3 is 2.76 bits per heavy atom. The second-order valence-corrected chi connectivity index (χ2v) is 7.27. The molecule has 2 N–H and O–H groups in total. The number of carbonyl (C=O) groups excluding carboxylic acids is 1. The molecule has 4 rings (SSSR count). The molecule has 0 spiro atoms. The zero-order chi connectivity index (χ0) is 17.2. The normalized spacial score (nSPS) is 14.0. The minimum atomic E-state index is 0.0680. The SMILES string of the molecule is O=C(c1cc(-c2csc(Nc3ccc(Cl)cc3)n2)c[nH]1)N1CCCC1. The summed E-state index contributed by atoms with van der Waals surface area (Å²) in [7, 11) is 0. The summed E-state index contributed by atoms with van der Waals surface area (Å²) in [4.78, 5) is 22.0. The van der Waals surface area contributed by atoms with E-state index in [4.69, 9.17) is 11.6 Å². The molecule has 5 nitrogen and oxygen atoms in total. The number of rotatable bonds is 4. The van der Waals surface area contributed by atoms with Crippen molar-refractivity contribution >= 4 is 39.7 Å². The molecule has 0 radical (unpaired) electrons. The molecule has 3 heterocycles. The van der Waals surface area contributed by atoms with Gasteiger partial charge in [0.2, 0.25) is 0 Å². The van der Waals surface area contributed by atoms with Crippen LogP contribution in [0.1, 0.15) is 23.3 Å². The Morgan fingerprint density at radius 2 is 2.00 bits per heavy atom. The predicted molar refractivity (Wildman–Crippen MR) is 102 cm³/mol. The van der Waals surface area contributed by atoms with Crippen LogP contribution in [-0.2, 0) is 0 Å². The fraction of sp³-hybridized carbons (Fsp3) is 0.222. The molecule has 0 atom stereocenters. The number of aromatic amines is 1. The van der Waals surface area contributed by atoms with E-state index >= 15 is 0 Å². The van der Waals surface area contributed by atoms with Crippen LogP contribution in [0.5, 0.6) is 0 Å². The highest BCUT2D eigenvalue weighted by Gasteiger charge is 2.21. The largest absolute Gasteiger partial charge is 0.357 e. The first-order chi connectivity index (χ1) is 12.2. The minimum Gasteiger partial charge on any atom is -0.357 e.